The molecule has 8 heteroatoms. The van der Waals surface area contributed by atoms with Gasteiger partial charge in [-0.3, -0.25) is 4.79 Å². The van der Waals surface area contributed by atoms with Crippen molar-refractivity contribution in [2.75, 3.05) is 25.9 Å². The van der Waals surface area contributed by atoms with Gasteiger partial charge in [-0.1, -0.05) is 19.3 Å². The van der Waals surface area contributed by atoms with E-state index < -0.39 is 10.0 Å². The Balaban J connectivity index is 0.00000264. The van der Waals surface area contributed by atoms with Crippen LogP contribution >= 0.6 is 12.4 Å². The molecule has 0 radical (unpaired) electrons. The van der Waals surface area contributed by atoms with E-state index in [9.17, 15) is 13.2 Å². The Kier molecular flexibility index (Phi) is 7.77. The molecule has 1 heterocycles. The van der Waals surface area contributed by atoms with Gasteiger partial charge >= 0.3 is 0 Å². The Morgan fingerprint density at radius 2 is 1.78 bits per heavy atom. The van der Waals surface area contributed by atoms with E-state index in [1.54, 1.807) is 0 Å². The summed E-state index contributed by atoms with van der Waals surface area (Å²) in [6, 6.07) is 0.0870. The van der Waals surface area contributed by atoms with Gasteiger partial charge in [-0.15, -0.1) is 12.4 Å². The molecule has 1 aliphatic heterocycles. The predicted molar refractivity (Wildman–Crippen MR) is 94.0 cm³/mol. The number of hydrogen-bond donors (Lipinski definition) is 2. The van der Waals surface area contributed by atoms with E-state index in [1.807, 2.05) is 0 Å². The molecule has 1 aliphatic carbocycles. The molecule has 23 heavy (non-hydrogen) atoms. The van der Waals surface area contributed by atoms with Crippen molar-refractivity contribution in [2.24, 2.45) is 11.1 Å². The summed E-state index contributed by atoms with van der Waals surface area (Å²) in [6.45, 7) is 1.56. The Morgan fingerprint density at radius 3 is 2.26 bits per heavy atom. The summed E-state index contributed by atoms with van der Waals surface area (Å²) in [7, 11) is -3.11. The first-order valence-electron chi connectivity index (χ1n) is 8.29. The average Bonchev–Trinajstić information content (AvgIpc) is 2.47. The van der Waals surface area contributed by atoms with Crippen LogP contribution < -0.4 is 11.1 Å². The van der Waals surface area contributed by atoms with Gasteiger partial charge in [0.15, 0.2) is 0 Å². The van der Waals surface area contributed by atoms with Crippen molar-refractivity contribution < 1.29 is 13.2 Å². The molecule has 0 unspecified atom stereocenters. The lowest BCUT2D eigenvalue weighted by Gasteiger charge is -2.36. The zero-order valence-electron chi connectivity index (χ0n) is 13.9. The minimum Gasteiger partial charge on any atom is -0.353 e. The van der Waals surface area contributed by atoms with Gasteiger partial charge in [0.05, 0.1) is 6.26 Å². The van der Waals surface area contributed by atoms with E-state index in [0.717, 1.165) is 25.7 Å². The fraction of sp³-hybridized carbons (Fsp3) is 0.933. The molecule has 1 amide bonds. The van der Waals surface area contributed by atoms with Crippen molar-refractivity contribution >= 4 is 28.3 Å². The van der Waals surface area contributed by atoms with Crippen molar-refractivity contribution in [1.29, 1.82) is 0 Å². The summed E-state index contributed by atoms with van der Waals surface area (Å²) < 4.78 is 24.5. The minimum absolute atomic E-state index is 0. The third-order valence-corrected chi connectivity index (χ3v) is 6.47. The highest BCUT2D eigenvalue weighted by atomic mass is 35.5. The molecule has 0 bridgehead atoms. The fourth-order valence-electron chi connectivity index (χ4n) is 3.71. The van der Waals surface area contributed by atoms with Gasteiger partial charge in [0.1, 0.15) is 0 Å². The van der Waals surface area contributed by atoms with Crippen LogP contribution in [0.25, 0.3) is 0 Å². The number of carbonyl (C=O) groups is 1. The lowest BCUT2D eigenvalue weighted by Crippen LogP contribution is -2.47. The van der Waals surface area contributed by atoms with E-state index in [4.69, 9.17) is 5.73 Å². The molecule has 1 saturated carbocycles. The van der Waals surface area contributed by atoms with Gasteiger partial charge in [0.2, 0.25) is 15.9 Å². The third-order valence-electron chi connectivity index (χ3n) is 5.17. The van der Waals surface area contributed by atoms with Crippen molar-refractivity contribution in [1.82, 2.24) is 9.62 Å². The van der Waals surface area contributed by atoms with E-state index in [1.165, 1.54) is 17.0 Å². The molecule has 6 nitrogen and oxygen atoms in total. The van der Waals surface area contributed by atoms with Crippen molar-refractivity contribution in [3.05, 3.63) is 0 Å². The first-order chi connectivity index (χ1) is 10.3. The molecular weight excluding hydrogens is 338 g/mol. The Labute approximate surface area is 146 Å². The highest BCUT2D eigenvalue weighted by Gasteiger charge is 2.34. The number of piperidine rings is 1. The van der Waals surface area contributed by atoms with Gasteiger partial charge in [0, 0.05) is 25.6 Å². The molecule has 2 rings (SSSR count). The molecule has 0 aromatic heterocycles. The Morgan fingerprint density at radius 1 is 1.22 bits per heavy atom. The summed E-state index contributed by atoms with van der Waals surface area (Å²) in [5, 5.41) is 3.08. The van der Waals surface area contributed by atoms with Crippen LogP contribution in [-0.2, 0) is 14.8 Å². The molecule has 136 valence electrons. The van der Waals surface area contributed by atoms with Crippen LogP contribution in [0.3, 0.4) is 0 Å². The quantitative estimate of drug-likeness (QED) is 0.764. The van der Waals surface area contributed by atoms with Gasteiger partial charge < -0.3 is 11.1 Å². The number of nitrogens with two attached hydrogens (primary N) is 1. The maximum atomic E-state index is 12.3. The molecule has 0 spiro atoms. The normalized spacial score (nSPS) is 23.0. The first kappa shape index (κ1) is 20.7. The number of carbonyl (C=O) groups excluding carboxylic acids is 1. The molecule has 1 saturated heterocycles. The molecular formula is C15H30ClN3O3S. The Hall–Kier alpha value is -0.370. The van der Waals surface area contributed by atoms with Crippen LogP contribution in [0.5, 0.6) is 0 Å². The maximum Gasteiger partial charge on any atom is 0.220 e. The number of nitrogens with zero attached hydrogens (tertiary/aromatic N) is 1. The van der Waals surface area contributed by atoms with Crippen LogP contribution in [0.4, 0.5) is 0 Å². The smallest absolute Gasteiger partial charge is 0.220 e. The van der Waals surface area contributed by atoms with Crippen LogP contribution in [-0.4, -0.2) is 50.6 Å². The second-order valence-electron chi connectivity index (χ2n) is 6.95. The summed E-state index contributed by atoms with van der Waals surface area (Å²) in [5.41, 5.74) is 5.91. The topological polar surface area (TPSA) is 92.5 Å². The second kappa shape index (κ2) is 8.65. The number of rotatable bonds is 5. The number of halogens is 1. The SMILES string of the molecule is CS(=O)(=O)N1CCC(NC(=O)CC2(CN)CCCCC2)CC1.Cl. The van der Waals surface area contributed by atoms with Gasteiger partial charge in [-0.25, -0.2) is 12.7 Å². The van der Waals surface area contributed by atoms with Gasteiger partial charge in [-0.2, -0.15) is 0 Å². The second-order valence-corrected chi connectivity index (χ2v) is 8.93. The molecule has 3 N–H and O–H groups in total. The van der Waals surface area contributed by atoms with Crippen LogP contribution in [0.1, 0.15) is 51.4 Å². The lowest BCUT2D eigenvalue weighted by atomic mass is 9.71. The zero-order chi connectivity index (χ0) is 16.2. The number of hydrogen-bond acceptors (Lipinski definition) is 4. The largest absolute Gasteiger partial charge is 0.353 e. The summed E-state index contributed by atoms with van der Waals surface area (Å²) >= 11 is 0. The third kappa shape index (κ3) is 5.89. The molecule has 0 atom stereocenters. The number of sulfonamides is 1. The van der Waals surface area contributed by atoms with Crippen molar-refractivity contribution in [3.63, 3.8) is 0 Å². The highest BCUT2D eigenvalue weighted by molar-refractivity contribution is 7.88. The van der Waals surface area contributed by atoms with E-state index in [-0.39, 0.29) is 29.8 Å². The standard InChI is InChI=1S/C15H29N3O3S.ClH/c1-22(20,21)18-9-5-13(6-10-18)17-14(19)11-15(12-16)7-3-2-4-8-15;/h13H,2-12,16H2,1H3,(H,17,19);1H. The predicted octanol–water partition coefficient (Wildman–Crippen LogP) is 1.25. The molecule has 0 aromatic carbocycles. The average molecular weight is 368 g/mol. The fourth-order valence-corrected chi connectivity index (χ4v) is 4.58. The summed E-state index contributed by atoms with van der Waals surface area (Å²) in [5.74, 6) is 0.0742. The Bertz CT molecular complexity index is 484. The van der Waals surface area contributed by atoms with Gasteiger partial charge in [0.25, 0.3) is 0 Å². The van der Waals surface area contributed by atoms with Crippen LogP contribution in [0.2, 0.25) is 0 Å². The van der Waals surface area contributed by atoms with Crippen LogP contribution in [0.15, 0.2) is 0 Å². The van der Waals surface area contributed by atoms with Gasteiger partial charge in [-0.05, 0) is 37.6 Å². The van der Waals surface area contributed by atoms with Crippen molar-refractivity contribution in [3.8, 4) is 0 Å². The number of nitrogens with one attached hydrogen (secondary N) is 1. The monoisotopic (exact) mass is 367 g/mol. The maximum absolute atomic E-state index is 12.3. The number of amides is 1. The van der Waals surface area contributed by atoms with Crippen molar-refractivity contribution in [2.45, 2.75) is 57.4 Å². The van der Waals surface area contributed by atoms with E-state index in [2.05, 4.69) is 5.32 Å². The van der Waals surface area contributed by atoms with E-state index >= 15 is 0 Å². The lowest BCUT2D eigenvalue weighted by molar-refractivity contribution is -0.124. The first-order valence-corrected chi connectivity index (χ1v) is 10.1. The van der Waals surface area contributed by atoms with E-state index in [0.29, 0.717) is 38.9 Å². The summed E-state index contributed by atoms with van der Waals surface area (Å²) in [4.78, 5) is 12.3. The molecule has 2 aliphatic rings. The zero-order valence-corrected chi connectivity index (χ0v) is 15.6. The molecule has 0 aromatic rings. The van der Waals surface area contributed by atoms with Crippen LogP contribution in [0, 0.1) is 5.41 Å². The minimum atomic E-state index is -3.11. The molecule has 2 fully saturated rings. The highest BCUT2D eigenvalue weighted by Crippen LogP contribution is 2.38. The summed E-state index contributed by atoms with van der Waals surface area (Å²) in [6.07, 6.45) is 8.79.